The van der Waals surface area contributed by atoms with Crippen LogP contribution in [0.3, 0.4) is 0 Å². The second-order valence-corrected chi connectivity index (χ2v) is 10.6. The van der Waals surface area contributed by atoms with Crippen molar-refractivity contribution in [1.82, 2.24) is 0 Å². The Balaban J connectivity index is 1.26. The van der Waals surface area contributed by atoms with Crippen molar-refractivity contribution in [3.8, 4) is 11.1 Å². The number of nitrogens with zero attached hydrogens (tertiary/aromatic N) is 1. The molecule has 1 saturated carbocycles. The van der Waals surface area contributed by atoms with E-state index in [0.717, 1.165) is 29.9 Å². The van der Waals surface area contributed by atoms with E-state index in [9.17, 15) is 4.79 Å². The van der Waals surface area contributed by atoms with E-state index >= 15 is 0 Å². The first kappa shape index (κ1) is 18.6. The number of piperidine rings is 1. The molecule has 3 heteroatoms. The predicted molar refractivity (Wildman–Crippen MR) is 118 cm³/mol. The molecule has 2 heterocycles. The zero-order valence-electron chi connectivity index (χ0n) is 18.1. The molecule has 156 valence electrons. The van der Waals surface area contributed by atoms with E-state index in [0.29, 0.717) is 12.1 Å². The van der Waals surface area contributed by atoms with Gasteiger partial charge in [-0.25, -0.2) is 0 Å². The van der Waals surface area contributed by atoms with Gasteiger partial charge in [-0.2, -0.15) is 0 Å². The van der Waals surface area contributed by atoms with Gasteiger partial charge < -0.3 is 9.22 Å². The molecule has 3 fully saturated rings. The third-order valence-corrected chi connectivity index (χ3v) is 8.82. The zero-order chi connectivity index (χ0) is 20.5. The minimum atomic E-state index is -0.712. The molecule has 0 radical (unpaired) electrons. The average molecular weight is 403 g/mol. The molecule has 4 aliphatic rings. The maximum absolute atomic E-state index is 13.7. The van der Waals surface area contributed by atoms with E-state index in [1.807, 2.05) is 12.1 Å². The van der Waals surface area contributed by atoms with Gasteiger partial charge in [0.05, 0.1) is 25.7 Å². The molecule has 2 bridgehead atoms. The van der Waals surface area contributed by atoms with Gasteiger partial charge in [0, 0.05) is 31.6 Å². The maximum atomic E-state index is 13.7. The van der Waals surface area contributed by atoms with Gasteiger partial charge in [-0.1, -0.05) is 48.5 Å². The van der Waals surface area contributed by atoms with Gasteiger partial charge in [-0.05, 0) is 42.0 Å². The normalized spacial score (nSPS) is 33.1. The summed E-state index contributed by atoms with van der Waals surface area (Å²) in [6, 6.07) is 18.0. The standard InChI is InChI=1S/C27H32NO2/c1-27(24-9-5-3-7-22(24)23-8-4-6-10-25(23)27)26(29)30-21-15-19-13-14-20(16-21)28(19,2)17-18-11-12-18/h3-10,18-21H,11-17H2,1-2H3/q+1. The highest BCUT2D eigenvalue weighted by Crippen LogP contribution is 2.50. The number of ether oxygens (including phenoxy) is 1. The number of carbonyl (C=O) groups excluding carboxylic acids is 1. The lowest BCUT2D eigenvalue weighted by Gasteiger charge is -2.47. The van der Waals surface area contributed by atoms with Crippen molar-refractivity contribution in [2.75, 3.05) is 13.6 Å². The van der Waals surface area contributed by atoms with Crippen molar-refractivity contribution >= 4 is 5.97 Å². The Labute approximate surface area is 179 Å². The van der Waals surface area contributed by atoms with Crippen LogP contribution in [0.2, 0.25) is 0 Å². The van der Waals surface area contributed by atoms with E-state index < -0.39 is 5.41 Å². The molecule has 30 heavy (non-hydrogen) atoms. The molecule has 2 aromatic rings. The molecule has 2 saturated heterocycles. The van der Waals surface area contributed by atoms with Gasteiger partial charge in [-0.3, -0.25) is 4.79 Å². The number of rotatable bonds is 4. The molecule has 0 spiro atoms. The average Bonchev–Trinajstić information content (AvgIpc) is 3.51. The number of hydrogen-bond acceptors (Lipinski definition) is 2. The van der Waals surface area contributed by atoms with Crippen molar-refractivity contribution < 1.29 is 14.0 Å². The lowest BCUT2D eigenvalue weighted by Crippen LogP contribution is -2.60. The fourth-order valence-electron chi connectivity index (χ4n) is 6.89. The topological polar surface area (TPSA) is 26.3 Å². The molecule has 2 unspecified atom stereocenters. The first-order chi connectivity index (χ1) is 14.5. The summed E-state index contributed by atoms with van der Waals surface area (Å²) in [4.78, 5) is 13.7. The van der Waals surface area contributed by atoms with E-state index in [1.165, 1.54) is 47.8 Å². The molecule has 3 nitrogen and oxygen atoms in total. The SMILES string of the molecule is CC1(C(=O)OC2CC3CCC(C2)[N+]3(C)CC2CC2)c2ccccc2-c2ccccc21. The van der Waals surface area contributed by atoms with Gasteiger partial charge in [-0.15, -0.1) is 0 Å². The second-order valence-electron chi connectivity index (χ2n) is 10.6. The Morgan fingerprint density at radius 1 is 0.933 bits per heavy atom. The van der Waals surface area contributed by atoms with Crippen molar-refractivity contribution in [3.63, 3.8) is 0 Å². The lowest BCUT2D eigenvalue weighted by molar-refractivity contribution is -0.950. The van der Waals surface area contributed by atoms with Gasteiger partial charge in [0.2, 0.25) is 0 Å². The van der Waals surface area contributed by atoms with E-state index in [2.05, 4.69) is 50.4 Å². The Hall–Kier alpha value is -2.13. The molecular weight excluding hydrogens is 370 g/mol. The fraction of sp³-hybridized carbons (Fsp3) is 0.519. The number of hydrogen-bond donors (Lipinski definition) is 0. The first-order valence-corrected chi connectivity index (χ1v) is 11.8. The summed E-state index contributed by atoms with van der Waals surface area (Å²) in [6.45, 7) is 3.40. The molecule has 2 atom stereocenters. The third kappa shape index (κ3) is 2.57. The number of benzene rings is 2. The summed E-state index contributed by atoms with van der Waals surface area (Å²) >= 11 is 0. The minimum Gasteiger partial charge on any atom is -0.461 e. The Bertz CT molecular complexity index is 948. The Morgan fingerprint density at radius 3 is 2.00 bits per heavy atom. The van der Waals surface area contributed by atoms with Crippen LogP contribution in [0, 0.1) is 5.92 Å². The molecule has 2 aliphatic carbocycles. The quantitative estimate of drug-likeness (QED) is 0.527. The predicted octanol–water partition coefficient (Wildman–Crippen LogP) is 5.07. The first-order valence-electron chi connectivity index (χ1n) is 11.8. The van der Waals surface area contributed by atoms with Crippen LogP contribution in [0.5, 0.6) is 0 Å². The van der Waals surface area contributed by atoms with Crippen LogP contribution in [-0.2, 0) is 14.9 Å². The Morgan fingerprint density at radius 2 is 1.47 bits per heavy atom. The summed E-state index contributed by atoms with van der Waals surface area (Å²) in [5.41, 5.74) is 3.80. The van der Waals surface area contributed by atoms with Crippen LogP contribution in [0.4, 0.5) is 0 Å². The lowest BCUT2D eigenvalue weighted by atomic mass is 9.80. The van der Waals surface area contributed by atoms with Crippen molar-refractivity contribution in [1.29, 1.82) is 0 Å². The van der Waals surface area contributed by atoms with Crippen molar-refractivity contribution in [3.05, 3.63) is 59.7 Å². The number of fused-ring (bicyclic) bond motifs is 5. The van der Waals surface area contributed by atoms with Crippen LogP contribution in [-0.4, -0.2) is 42.2 Å². The molecule has 2 aromatic carbocycles. The fourth-order valence-corrected chi connectivity index (χ4v) is 6.89. The van der Waals surface area contributed by atoms with Crippen LogP contribution in [0.15, 0.2) is 48.5 Å². The highest BCUT2D eigenvalue weighted by Gasteiger charge is 2.55. The summed E-state index contributed by atoms with van der Waals surface area (Å²) in [5.74, 6) is 0.880. The molecule has 0 N–H and O–H groups in total. The smallest absolute Gasteiger partial charge is 0.321 e. The van der Waals surface area contributed by atoms with Gasteiger partial charge in [0.25, 0.3) is 0 Å². The molecular formula is C27H32NO2+. The van der Waals surface area contributed by atoms with Crippen LogP contribution < -0.4 is 0 Å². The van der Waals surface area contributed by atoms with Gasteiger partial charge in [0.1, 0.15) is 11.5 Å². The van der Waals surface area contributed by atoms with E-state index in [-0.39, 0.29) is 12.1 Å². The van der Waals surface area contributed by atoms with Crippen molar-refractivity contribution in [2.45, 2.75) is 69.1 Å². The summed E-state index contributed by atoms with van der Waals surface area (Å²) in [7, 11) is 2.48. The van der Waals surface area contributed by atoms with E-state index in [4.69, 9.17) is 4.74 Å². The number of quaternary nitrogens is 1. The second kappa shape index (κ2) is 6.43. The highest BCUT2D eigenvalue weighted by atomic mass is 16.5. The summed E-state index contributed by atoms with van der Waals surface area (Å²) in [6.07, 6.45) is 7.56. The highest BCUT2D eigenvalue weighted by molar-refractivity contribution is 5.97. The largest absolute Gasteiger partial charge is 0.461 e. The molecule has 6 rings (SSSR count). The zero-order valence-corrected chi connectivity index (χ0v) is 18.1. The van der Waals surface area contributed by atoms with Gasteiger partial charge in [0.15, 0.2) is 0 Å². The summed E-state index contributed by atoms with van der Waals surface area (Å²) in [5, 5.41) is 0. The molecule has 0 amide bonds. The molecule has 2 aliphatic heterocycles. The molecule has 0 aromatic heterocycles. The number of carbonyl (C=O) groups is 1. The van der Waals surface area contributed by atoms with Crippen molar-refractivity contribution in [2.24, 2.45) is 5.92 Å². The number of esters is 1. The third-order valence-electron chi connectivity index (χ3n) is 8.82. The maximum Gasteiger partial charge on any atom is 0.321 e. The van der Waals surface area contributed by atoms with Crippen LogP contribution in [0.25, 0.3) is 11.1 Å². The van der Waals surface area contributed by atoms with Crippen LogP contribution >= 0.6 is 0 Å². The summed E-state index contributed by atoms with van der Waals surface area (Å²) < 4.78 is 7.58. The Kier molecular flexibility index (Phi) is 3.99. The monoisotopic (exact) mass is 402 g/mol. The van der Waals surface area contributed by atoms with Crippen LogP contribution in [0.1, 0.15) is 56.6 Å². The minimum absolute atomic E-state index is 0.0668. The van der Waals surface area contributed by atoms with Gasteiger partial charge >= 0.3 is 5.97 Å². The van der Waals surface area contributed by atoms with E-state index in [1.54, 1.807) is 0 Å².